The number of carbonyl (C=O) groups is 3. The average Bonchev–Trinajstić information content (AvgIpc) is 2.59. The van der Waals surface area contributed by atoms with E-state index in [2.05, 4.69) is 10.1 Å². The van der Waals surface area contributed by atoms with Gasteiger partial charge in [0.1, 0.15) is 6.04 Å². The number of esters is 1. The molecule has 0 aliphatic heterocycles. The molecule has 3 N–H and O–H groups in total. The minimum atomic E-state index is -5.06. The Kier molecular flexibility index (Phi) is 8.43. The Hall–Kier alpha value is -3.05. The second-order valence-electron chi connectivity index (χ2n) is 6.00. The van der Waals surface area contributed by atoms with Gasteiger partial charge >= 0.3 is 18.3 Å². The molecule has 1 aromatic carbocycles. The molecule has 1 atom stereocenters. The Bertz CT molecular complexity index is 786. The first-order valence-corrected chi connectivity index (χ1v) is 8.44. The van der Waals surface area contributed by atoms with Gasteiger partial charge in [0.2, 0.25) is 11.8 Å². The molecule has 2 amide bonds. The van der Waals surface area contributed by atoms with Crippen LogP contribution >= 0.6 is 0 Å². The molecule has 0 aliphatic rings. The van der Waals surface area contributed by atoms with Crippen molar-refractivity contribution >= 4 is 17.8 Å². The van der Waals surface area contributed by atoms with Crippen molar-refractivity contribution < 1.29 is 45.5 Å². The number of primary amides is 1. The number of benzene rings is 1. The molecule has 0 aromatic heterocycles. The smallest absolute Gasteiger partial charge is 0.416 e. The SMILES string of the molecule is CCOC(=O)/C=C/C[C@H](NC(=O)Cc1cc(C(F)(F)F)cc(C(F)(F)F)c1)C(N)=O. The van der Waals surface area contributed by atoms with Gasteiger partial charge in [-0.2, -0.15) is 26.3 Å². The Labute approximate surface area is 167 Å². The van der Waals surface area contributed by atoms with Gasteiger partial charge < -0.3 is 15.8 Å². The van der Waals surface area contributed by atoms with E-state index in [-0.39, 0.29) is 19.1 Å². The molecule has 0 radical (unpaired) electrons. The molecule has 1 aromatic rings. The van der Waals surface area contributed by atoms with E-state index in [1.807, 2.05) is 0 Å². The number of alkyl halides is 6. The minimum absolute atomic E-state index is 0.0617. The van der Waals surface area contributed by atoms with Crippen molar-refractivity contribution in [3.8, 4) is 0 Å². The summed E-state index contributed by atoms with van der Waals surface area (Å²) in [5.41, 5.74) is 1.43. The van der Waals surface area contributed by atoms with Crippen molar-refractivity contribution in [2.75, 3.05) is 6.61 Å². The van der Waals surface area contributed by atoms with Crippen LogP contribution in [0.5, 0.6) is 0 Å². The highest BCUT2D eigenvalue weighted by molar-refractivity contribution is 5.88. The van der Waals surface area contributed by atoms with Gasteiger partial charge in [0, 0.05) is 6.08 Å². The van der Waals surface area contributed by atoms with Crippen molar-refractivity contribution in [2.24, 2.45) is 5.73 Å². The fourth-order valence-corrected chi connectivity index (χ4v) is 2.29. The standard InChI is InChI=1S/C18H18F6N2O4/c1-2-30-15(28)5-3-4-13(16(25)29)26-14(27)8-10-6-11(17(19,20)21)9-12(7-10)18(22,23)24/h3,5-7,9,13H,2,4,8H2,1H3,(H2,25,29)(H,26,27)/b5-3+/t13-/m0/s1. The molecule has 6 nitrogen and oxygen atoms in total. The van der Waals surface area contributed by atoms with Gasteiger partial charge in [-0.1, -0.05) is 6.08 Å². The highest BCUT2D eigenvalue weighted by atomic mass is 19.4. The first-order chi connectivity index (χ1) is 13.7. The molecule has 0 heterocycles. The highest BCUT2D eigenvalue weighted by Gasteiger charge is 2.37. The van der Waals surface area contributed by atoms with E-state index in [1.165, 1.54) is 6.08 Å². The lowest BCUT2D eigenvalue weighted by Crippen LogP contribution is -2.44. The van der Waals surface area contributed by atoms with Gasteiger partial charge in [0.05, 0.1) is 24.2 Å². The van der Waals surface area contributed by atoms with Gasteiger partial charge in [0.25, 0.3) is 0 Å². The summed E-state index contributed by atoms with van der Waals surface area (Å²) in [5.74, 6) is -2.76. The Morgan fingerprint density at radius 3 is 2.03 bits per heavy atom. The number of nitrogens with one attached hydrogen (secondary N) is 1. The maximum Gasteiger partial charge on any atom is 0.416 e. The number of hydrogen-bond acceptors (Lipinski definition) is 4. The van der Waals surface area contributed by atoms with Crippen molar-refractivity contribution in [1.29, 1.82) is 0 Å². The third-order valence-electron chi connectivity index (χ3n) is 3.60. The number of halogens is 6. The van der Waals surface area contributed by atoms with Crippen LogP contribution in [0, 0.1) is 0 Å². The zero-order valence-electron chi connectivity index (χ0n) is 15.6. The number of ether oxygens (including phenoxy) is 1. The van der Waals surface area contributed by atoms with E-state index in [1.54, 1.807) is 6.92 Å². The van der Waals surface area contributed by atoms with Crippen LogP contribution in [0.15, 0.2) is 30.4 Å². The second kappa shape index (κ2) is 10.1. The zero-order chi connectivity index (χ0) is 23.1. The van der Waals surface area contributed by atoms with Crippen LogP contribution in [0.4, 0.5) is 26.3 Å². The molecule has 12 heteroatoms. The third kappa shape index (κ3) is 8.13. The molecule has 0 saturated carbocycles. The molecular formula is C18H18F6N2O4. The van der Waals surface area contributed by atoms with E-state index in [9.17, 15) is 40.7 Å². The van der Waals surface area contributed by atoms with Crippen LogP contribution in [0.2, 0.25) is 0 Å². The van der Waals surface area contributed by atoms with Crippen molar-refractivity contribution in [3.63, 3.8) is 0 Å². The number of nitrogens with two attached hydrogens (primary N) is 1. The minimum Gasteiger partial charge on any atom is -0.463 e. The summed E-state index contributed by atoms with van der Waals surface area (Å²) in [5, 5.41) is 2.11. The summed E-state index contributed by atoms with van der Waals surface area (Å²) in [7, 11) is 0. The Morgan fingerprint density at radius 2 is 1.60 bits per heavy atom. The Balaban J connectivity index is 2.96. The lowest BCUT2D eigenvalue weighted by molar-refractivity contribution is -0.143. The summed E-state index contributed by atoms with van der Waals surface area (Å²) in [6.07, 6.45) is -9.05. The normalized spacial score (nSPS) is 13.2. The zero-order valence-corrected chi connectivity index (χ0v) is 15.6. The molecule has 0 spiro atoms. The van der Waals surface area contributed by atoms with Crippen LogP contribution in [0.25, 0.3) is 0 Å². The lowest BCUT2D eigenvalue weighted by Gasteiger charge is -2.16. The largest absolute Gasteiger partial charge is 0.463 e. The number of carbonyl (C=O) groups excluding carboxylic acids is 3. The van der Waals surface area contributed by atoms with Crippen LogP contribution < -0.4 is 11.1 Å². The van der Waals surface area contributed by atoms with Crippen molar-refractivity contribution in [3.05, 3.63) is 47.0 Å². The summed E-state index contributed by atoms with van der Waals surface area (Å²) in [6, 6.07) is -0.576. The summed E-state index contributed by atoms with van der Waals surface area (Å²) in [4.78, 5) is 34.7. The van der Waals surface area contributed by atoms with Gasteiger partial charge in [-0.05, 0) is 37.1 Å². The van der Waals surface area contributed by atoms with E-state index < -0.39 is 59.3 Å². The predicted octanol–water partition coefficient (Wildman–Crippen LogP) is 2.75. The van der Waals surface area contributed by atoms with E-state index in [0.29, 0.717) is 12.1 Å². The molecule has 0 fully saturated rings. The van der Waals surface area contributed by atoms with Gasteiger partial charge in [-0.15, -0.1) is 0 Å². The fourth-order valence-electron chi connectivity index (χ4n) is 2.29. The number of rotatable bonds is 8. The molecule has 1 rings (SSSR count). The molecule has 0 saturated heterocycles. The number of amides is 2. The predicted molar refractivity (Wildman–Crippen MR) is 91.7 cm³/mol. The van der Waals surface area contributed by atoms with E-state index in [4.69, 9.17) is 5.73 Å². The maximum absolute atomic E-state index is 12.9. The molecule has 166 valence electrons. The van der Waals surface area contributed by atoms with Crippen LogP contribution in [0.3, 0.4) is 0 Å². The van der Waals surface area contributed by atoms with Gasteiger partial charge in [-0.3, -0.25) is 9.59 Å². The van der Waals surface area contributed by atoms with Gasteiger partial charge in [0.15, 0.2) is 0 Å². The lowest BCUT2D eigenvalue weighted by atomic mass is 10.0. The van der Waals surface area contributed by atoms with Crippen molar-refractivity contribution in [1.82, 2.24) is 5.32 Å². The molecular weight excluding hydrogens is 422 g/mol. The van der Waals surface area contributed by atoms with Gasteiger partial charge in [-0.25, -0.2) is 4.79 Å². The fraction of sp³-hybridized carbons (Fsp3) is 0.389. The first kappa shape index (κ1) is 25.0. The maximum atomic E-state index is 12.9. The second-order valence-corrected chi connectivity index (χ2v) is 6.00. The number of hydrogen-bond donors (Lipinski definition) is 2. The topological polar surface area (TPSA) is 98.5 Å². The quantitative estimate of drug-likeness (QED) is 0.369. The molecule has 0 bridgehead atoms. The van der Waals surface area contributed by atoms with Crippen LogP contribution in [-0.4, -0.2) is 30.4 Å². The third-order valence-corrected chi connectivity index (χ3v) is 3.60. The average molecular weight is 440 g/mol. The monoisotopic (exact) mass is 440 g/mol. The van der Waals surface area contributed by atoms with Crippen LogP contribution in [-0.2, 0) is 37.9 Å². The van der Waals surface area contributed by atoms with Crippen LogP contribution in [0.1, 0.15) is 30.0 Å². The van der Waals surface area contributed by atoms with Crippen molar-refractivity contribution in [2.45, 2.75) is 38.2 Å². The summed E-state index contributed by atoms with van der Waals surface area (Å²) in [6.45, 7) is 1.67. The molecule has 0 aliphatic carbocycles. The Morgan fingerprint density at radius 1 is 1.07 bits per heavy atom. The molecule has 0 unspecified atom stereocenters. The first-order valence-electron chi connectivity index (χ1n) is 8.44. The van der Waals surface area contributed by atoms with E-state index in [0.717, 1.165) is 6.08 Å². The molecule has 30 heavy (non-hydrogen) atoms. The highest BCUT2D eigenvalue weighted by Crippen LogP contribution is 2.36. The summed E-state index contributed by atoms with van der Waals surface area (Å²) >= 11 is 0. The van der Waals surface area contributed by atoms with E-state index >= 15 is 0 Å². The summed E-state index contributed by atoms with van der Waals surface area (Å²) < 4.78 is 81.9.